The Labute approximate surface area is 256 Å². The smallest absolute Gasteiger partial charge is 0.412 e. The third-order valence-electron chi connectivity index (χ3n) is 5.54. The van der Waals surface area contributed by atoms with Gasteiger partial charge in [-0.05, 0) is 72.2 Å². The molecule has 5 N–H and O–H groups in total. The molecule has 3 aromatic rings. The number of methoxy groups -OCH3 is 1. The highest BCUT2D eigenvalue weighted by atomic mass is 79.9. The van der Waals surface area contributed by atoms with Gasteiger partial charge in [-0.3, -0.25) is 5.32 Å². The highest BCUT2D eigenvalue weighted by Crippen LogP contribution is 2.21. The van der Waals surface area contributed by atoms with Gasteiger partial charge in [-0.1, -0.05) is 27.7 Å². The zero-order valence-corrected chi connectivity index (χ0v) is 27.0. The summed E-state index contributed by atoms with van der Waals surface area (Å²) in [4.78, 5) is 31.8. The molecule has 0 aliphatic heterocycles. The van der Waals surface area contributed by atoms with Crippen molar-refractivity contribution < 1.29 is 19.0 Å². The number of aromatic nitrogens is 5. The molecular formula is C29H43BrN8O4. The maximum atomic E-state index is 11.3. The number of nitrogens with zero attached hydrogens (tertiary/aromatic N) is 5. The Hall–Kier alpha value is -3.42. The third-order valence-corrected chi connectivity index (χ3v) is 5.95. The normalized spacial score (nSPS) is 13.8. The minimum absolute atomic E-state index is 0.274. The summed E-state index contributed by atoms with van der Waals surface area (Å²) in [6.07, 6.45) is 9.35. The number of carbonyl (C=O) groups is 1. The van der Waals surface area contributed by atoms with E-state index in [1.807, 2.05) is 13.8 Å². The Morgan fingerprint density at radius 3 is 1.79 bits per heavy atom. The van der Waals surface area contributed by atoms with Gasteiger partial charge < -0.3 is 25.7 Å². The molecule has 13 heteroatoms. The Morgan fingerprint density at radius 2 is 1.33 bits per heavy atom. The van der Waals surface area contributed by atoms with E-state index < -0.39 is 11.6 Å². The predicted octanol–water partition coefficient (Wildman–Crippen LogP) is 5.24. The highest BCUT2D eigenvalue weighted by molar-refractivity contribution is 9.10. The summed E-state index contributed by atoms with van der Waals surface area (Å²) in [6.45, 7) is 13.2. The molecule has 3 aromatic heterocycles. The fourth-order valence-electron chi connectivity index (χ4n) is 4.19. The summed E-state index contributed by atoms with van der Waals surface area (Å²) in [6, 6.07) is 4.14. The van der Waals surface area contributed by atoms with Gasteiger partial charge in [-0.25, -0.2) is 29.7 Å². The minimum atomic E-state index is -0.583. The number of ether oxygens (including phenoxy) is 3. The molecule has 0 fully saturated rings. The zero-order chi connectivity index (χ0) is 31.3. The average Bonchev–Trinajstić information content (AvgIpc) is 2.91. The van der Waals surface area contributed by atoms with Gasteiger partial charge in [0.2, 0.25) is 0 Å². The molecule has 2 atom stereocenters. The summed E-state index contributed by atoms with van der Waals surface area (Å²) in [7, 11) is 1.29. The van der Waals surface area contributed by atoms with Crippen LogP contribution in [0.3, 0.4) is 0 Å². The summed E-state index contributed by atoms with van der Waals surface area (Å²) in [5.41, 5.74) is 13.1. The lowest BCUT2D eigenvalue weighted by molar-refractivity contribution is 0.187. The first-order valence-electron chi connectivity index (χ1n) is 13.6. The van der Waals surface area contributed by atoms with Crippen LogP contribution in [0.1, 0.15) is 54.4 Å². The molecule has 0 bridgehead atoms. The first-order chi connectivity index (χ1) is 19.7. The van der Waals surface area contributed by atoms with Crippen molar-refractivity contribution in [1.82, 2.24) is 24.9 Å². The van der Waals surface area contributed by atoms with Gasteiger partial charge in [0.15, 0.2) is 0 Å². The second-order valence-corrected chi connectivity index (χ2v) is 12.5. The molecule has 3 rings (SSSR count). The average molecular weight is 648 g/mol. The number of hydrogen-bond donors (Lipinski definition) is 3. The van der Waals surface area contributed by atoms with Crippen molar-refractivity contribution in [2.75, 3.05) is 25.6 Å². The Bertz CT molecular complexity index is 1240. The van der Waals surface area contributed by atoms with Crippen LogP contribution in [0.15, 0.2) is 47.6 Å². The molecule has 0 unspecified atom stereocenters. The SMILES string of the molecule is CC(C)C[C@](C)(N)COc1ncc(Br)cn1.COC(=O)Nc1cc(-c2cnc(OC[C@@](C)(N)CC(C)C)nc2)ccn1. The second kappa shape index (κ2) is 16.3. The predicted molar refractivity (Wildman–Crippen MR) is 166 cm³/mol. The van der Waals surface area contributed by atoms with Gasteiger partial charge in [0.05, 0.1) is 11.6 Å². The van der Waals surface area contributed by atoms with Crippen LogP contribution in [0.5, 0.6) is 12.0 Å². The summed E-state index contributed by atoms with van der Waals surface area (Å²) >= 11 is 3.26. The number of nitrogens with two attached hydrogens (primary N) is 2. The molecule has 230 valence electrons. The number of anilines is 1. The van der Waals surface area contributed by atoms with Crippen LogP contribution in [0.4, 0.5) is 10.6 Å². The molecular weight excluding hydrogens is 604 g/mol. The van der Waals surface area contributed by atoms with E-state index in [4.69, 9.17) is 20.9 Å². The number of carbonyl (C=O) groups excluding carboxylic acids is 1. The van der Waals surface area contributed by atoms with Crippen molar-refractivity contribution >= 4 is 27.8 Å². The fraction of sp³-hybridized carbons (Fsp3) is 0.517. The van der Waals surface area contributed by atoms with E-state index >= 15 is 0 Å². The third kappa shape index (κ3) is 13.5. The molecule has 0 saturated heterocycles. The number of rotatable bonds is 12. The summed E-state index contributed by atoms with van der Waals surface area (Å²) in [5, 5.41) is 2.51. The second-order valence-electron chi connectivity index (χ2n) is 11.6. The number of pyridine rings is 1. The number of hydrogen-bond acceptors (Lipinski definition) is 11. The number of halogens is 1. The van der Waals surface area contributed by atoms with Crippen molar-refractivity contribution in [2.24, 2.45) is 23.3 Å². The van der Waals surface area contributed by atoms with Gasteiger partial charge in [0.25, 0.3) is 0 Å². The first kappa shape index (κ1) is 34.8. The standard InChI is InChI=1S/C18H25N5O3.C11H18BrN3O/c1-12(2)8-18(3,19)11-26-16-21-9-14(10-22-16)13-5-6-20-15(7-13)23-17(24)25-4;1-8(2)4-11(3,13)7-16-10-14-5-9(12)6-15-10/h5-7,9-10,12H,8,11,19H2,1-4H3,(H,20,23,24);5-6,8H,4,7,13H2,1-3H3/t18-;11-/m00/s1. The lowest BCUT2D eigenvalue weighted by Gasteiger charge is -2.25. The van der Waals surface area contributed by atoms with Crippen molar-refractivity contribution in [2.45, 2.75) is 65.5 Å². The van der Waals surface area contributed by atoms with Gasteiger partial charge in [0, 0.05) is 47.6 Å². The monoisotopic (exact) mass is 646 g/mol. The van der Waals surface area contributed by atoms with Crippen LogP contribution >= 0.6 is 15.9 Å². The Morgan fingerprint density at radius 1 is 0.857 bits per heavy atom. The van der Waals surface area contributed by atoms with Crippen LogP contribution in [0.25, 0.3) is 11.1 Å². The minimum Gasteiger partial charge on any atom is -0.462 e. The summed E-state index contributed by atoms with van der Waals surface area (Å²) < 4.78 is 16.5. The van der Waals surface area contributed by atoms with E-state index in [9.17, 15) is 4.79 Å². The molecule has 12 nitrogen and oxygen atoms in total. The van der Waals surface area contributed by atoms with Crippen molar-refractivity contribution in [3.05, 3.63) is 47.6 Å². The van der Waals surface area contributed by atoms with Crippen LogP contribution in [0, 0.1) is 11.8 Å². The van der Waals surface area contributed by atoms with Crippen LogP contribution < -0.4 is 26.3 Å². The zero-order valence-electron chi connectivity index (χ0n) is 25.4. The Balaban J connectivity index is 0.000000330. The molecule has 42 heavy (non-hydrogen) atoms. The highest BCUT2D eigenvalue weighted by Gasteiger charge is 2.22. The largest absolute Gasteiger partial charge is 0.462 e. The van der Waals surface area contributed by atoms with Gasteiger partial charge in [-0.15, -0.1) is 0 Å². The van der Waals surface area contributed by atoms with E-state index in [1.165, 1.54) is 7.11 Å². The summed E-state index contributed by atoms with van der Waals surface area (Å²) in [5.74, 6) is 1.41. The molecule has 1 amide bonds. The number of amides is 1. The molecule has 0 aliphatic carbocycles. The molecule has 0 spiro atoms. The lowest BCUT2D eigenvalue weighted by atomic mass is 9.93. The van der Waals surface area contributed by atoms with E-state index in [2.05, 4.69) is 78.6 Å². The van der Waals surface area contributed by atoms with Crippen LogP contribution in [-0.4, -0.2) is 62.4 Å². The maximum Gasteiger partial charge on any atom is 0.412 e. The van der Waals surface area contributed by atoms with E-state index in [0.29, 0.717) is 36.9 Å². The fourth-order valence-corrected chi connectivity index (χ4v) is 4.40. The lowest BCUT2D eigenvalue weighted by Crippen LogP contribution is -2.43. The van der Waals surface area contributed by atoms with Gasteiger partial charge in [0.1, 0.15) is 19.0 Å². The number of nitrogens with one attached hydrogen (secondary N) is 1. The van der Waals surface area contributed by atoms with Crippen molar-refractivity contribution in [3.8, 4) is 23.1 Å². The quantitative estimate of drug-likeness (QED) is 0.235. The van der Waals surface area contributed by atoms with Crippen LogP contribution in [-0.2, 0) is 4.74 Å². The molecule has 0 saturated carbocycles. The van der Waals surface area contributed by atoms with E-state index in [-0.39, 0.29) is 11.5 Å². The van der Waals surface area contributed by atoms with E-state index in [1.54, 1.807) is 43.1 Å². The molecule has 0 radical (unpaired) electrons. The topological polar surface area (TPSA) is 173 Å². The molecule has 0 aromatic carbocycles. The first-order valence-corrected chi connectivity index (χ1v) is 14.4. The van der Waals surface area contributed by atoms with E-state index in [0.717, 1.165) is 28.4 Å². The Kier molecular flexibility index (Phi) is 13.5. The van der Waals surface area contributed by atoms with Gasteiger partial charge >= 0.3 is 18.1 Å². The van der Waals surface area contributed by atoms with Gasteiger partial charge in [-0.2, -0.15) is 0 Å². The van der Waals surface area contributed by atoms with Crippen LogP contribution in [0.2, 0.25) is 0 Å². The maximum absolute atomic E-state index is 11.3. The van der Waals surface area contributed by atoms with Crippen molar-refractivity contribution in [1.29, 1.82) is 0 Å². The molecule has 0 aliphatic rings. The van der Waals surface area contributed by atoms with Crippen molar-refractivity contribution in [3.63, 3.8) is 0 Å². The molecule has 3 heterocycles.